The summed E-state index contributed by atoms with van der Waals surface area (Å²) in [6.07, 6.45) is 6.87. The van der Waals surface area contributed by atoms with Gasteiger partial charge in [0.2, 0.25) is 0 Å². The molecular formula is C17H24N4O3. The molecule has 2 N–H and O–H groups in total. The number of pyridine rings is 1. The summed E-state index contributed by atoms with van der Waals surface area (Å²) in [5.74, 6) is -0.114. The van der Waals surface area contributed by atoms with Crippen LogP contribution in [0.4, 0.5) is 10.5 Å². The van der Waals surface area contributed by atoms with E-state index in [4.69, 9.17) is 4.74 Å². The highest BCUT2D eigenvalue weighted by Gasteiger charge is 2.25. The van der Waals surface area contributed by atoms with Gasteiger partial charge in [0.1, 0.15) is 0 Å². The maximum absolute atomic E-state index is 12.4. The number of nitrogens with one attached hydrogen (secondary N) is 2. The van der Waals surface area contributed by atoms with E-state index in [-0.39, 0.29) is 18.0 Å². The molecule has 1 aliphatic heterocycles. The van der Waals surface area contributed by atoms with Gasteiger partial charge in [0, 0.05) is 37.6 Å². The molecule has 2 heterocycles. The lowest BCUT2D eigenvalue weighted by molar-refractivity contribution is 0.0860. The molecule has 1 aromatic rings. The lowest BCUT2D eigenvalue weighted by Crippen LogP contribution is -2.46. The van der Waals surface area contributed by atoms with Crippen LogP contribution in [0.5, 0.6) is 0 Å². The van der Waals surface area contributed by atoms with Gasteiger partial charge < -0.3 is 20.3 Å². The fourth-order valence-corrected chi connectivity index (χ4v) is 2.80. The first-order valence-corrected chi connectivity index (χ1v) is 8.60. The van der Waals surface area contributed by atoms with Gasteiger partial charge in [-0.05, 0) is 38.7 Å². The van der Waals surface area contributed by atoms with Crippen LogP contribution in [0.3, 0.4) is 0 Å². The Balaban J connectivity index is 1.49. The Morgan fingerprint density at radius 3 is 2.62 bits per heavy atom. The van der Waals surface area contributed by atoms with Crippen LogP contribution in [-0.2, 0) is 4.74 Å². The molecule has 24 heavy (non-hydrogen) atoms. The summed E-state index contributed by atoms with van der Waals surface area (Å²) in [7, 11) is 0. The number of ether oxygens (including phenoxy) is 1. The van der Waals surface area contributed by atoms with Crippen LogP contribution >= 0.6 is 0 Å². The van der Waals surface area contributed by atoms with E-state index >= 15 is 0 Å². The number of likely N-dealkylation sites (tertiary alicyclic amines) is 1. The van der Waals surface area contributed by atoms with Crippen LogP contribution in [0.1, 0.15) is 43.0 Å². The molecule has 7 heteroatoms. The Morgan fingerprint density at radius 2 is 1.96 bits per heavy atom. The summed E-state index contributed by atoms with van der Waals surface area (Å²) in [5, 5.41) is 6.38. The fraction of sp³-hybridized carbons (Fsp3) is 0.588. The van der Waals surface area contributed by atoms with Crippen molar-refractivity contribution in [2.75, 3.05) is 25.0 Å². The maximum atomic E-state index is 12.4. The summed E-state index contributed by atoms with van der Waals surface area (Å²) in [6.45, 7) is 3.38. The van der Waals surface area contributed by atoms with E-state index in [1.165, 1.54) is 12.8 Å². The van der Waals surface area contributed by atoms with Crippen LogP contribution in [-0.4, -0.2) is 53.7 Å². The molecule has 130 valence electrons. The molecule has 0 atom stereocenters. The molecule has 1 saturated heterocycles. The lowest BCUT2D eigenvalue weighted by Gasteiger charge is -2.31. The van der Waals surface area contributed by atoms with E-state index in [9.17, 15) is 9.59 Å². The first-order valence-electron chi connectivity index (χ1n) is 8.60. The highest BCUT2D eigenvalue weighted by atomic mass is 16.6. The van der Waals surface area contributed by atoms with Crippen LogP contribution in [0.25, 0.3) is 0 Å². The average molecular weight is 332 g/mol. The number of hydrogen-bond donors (Lipinski definition) is 2. The molecule has 0 aromatic carbocycles. The molecule has 0 radical (unpaired) electrons. The Morgan fingerprint density at radius 1 is 1.21 bits per heavy atom. The van der Waals surface area contributed by atoms with Crippen molar-refractivity contribution in [3.05, 3.63) is 24.0 Å². The normalized spacial score (nSPS) is 18.1. The van der Waals surface area contributed by atoms with Crippen molar-refractivity contribution in [1.82, 2.24) is 15.2 Å². The van der Waals surface area contributed by atoms with Gasteiger partial charge >= 0.3 is 6.09 Å². The molecule has 1 aliphatic carbocycles. The molecule has 3 rings (SSSR count). The first kappa shape index (κ1) is 16.5. The number of nitrogens with zero attached hydrogens (tertiary/aromatic N) is 2. The maximum Gasteiger partial charge on any atom is 0.409 e. The fourth-order valence-electron chi connectivity index (χ4n) is 2.80. The highest BCUT2D eigenvalue weighted by Crippen LogP contribution is 2.24. The highest BCUT2D eigenvalue weighted by molar-refractivity contribution is 5.94. The van der Waals surface area contributed by atoms with Crippen molar-refractivity contribution < 1.29 is 14.3 Å². The quantitative estimate of drug-likeness (QED) is 0.862. The smallest absolute Gasteiger partial charge is 0.409 e. The second-order valence-corrected chi connectivity index (χ2v) is 6.31. The van der Waals surface area contributed by atoms with Gasteiger partial charge in [0.05, 0.1) is 17.9 Å². The van der Waals surface area contributed by atoms with Gasteiger partial charge in [-0.2, -0.15) is 0 Å². The third-order valence-electron chi connectivity index (χ3n) is 4.30. The Hall–Kier alpha value is -2.31. The number of aromatic nitrogens is 1. The van der Waals surface area contributed by atoms with Crippen molar-refractivity contribution >= 4 is 17.7 Å². The van der Waals surface area contributed by atoms with Gasteiger partial charge in [0.15, 0.2) is 0 Å². The van der Waals surface area contributed by atoms with Crippen LogP contribution in [0.2, 0.25) is 0 Å². The largest absolute Gasteiger partial charge is 0.450 e. The van der Waals surface area contributed by atoms with Crippen LogP contribution in [0, 0.1) is 0 Å². The SMILES string of the molecule is CCOC(=O)N1CCC(NC(=O)c2cncc(NC3CC3)c2)CC1. The van der Waals surface area contributed by atoms with Crippen molar-refractivity contribution in [3.8, 4) is 0 Å². The Labute approximate surface area is 141 Å². The van der Waals surface area contributed by atoms with Gasteiger partial charge in [-0.1, -0.05) is 0 Å². The zero-order valence-electron chi connectivity index (χ0n) is 14.0. The number of piperidine rings is 1. The molecule has 2 aliphatic rings. The molecule has 0 bridgehead atoms. The second-order valence-electron chi connectivity index (χ2n) is 6.31. The van der Waals surface area contributed by atoms with Crippen molar-refractivity contribution in [2.45, 2.75) is 44.7 Å². The van der Waals surface area contributed by atoms with Crippen molar-refractivity contribution in [3.63, 3.8) is 0 Å². The predicted molar refractivity (Wildman–Crippen MR) is 90.0 cm³/mol. The molecule has 0 spiro atoms. The van der Waals surface area contributed by atoms with E-state index in [0.717, 1.165) is 18.5 Å². The van der Waals surface area contributed by atoms with Gasteiger partial charge in [-0.3, -0.25) is 9.78 Å². The third-order valence-corrected chi connectivity index (χ3v) is 4.30. The van der Waals surface area contributed by atoms with Crippen molar-refractivity contribution in [1.29, 1.82) is 0 Å². The van der Waals surface area contributed by atoms with Crippen LogP contribution in [0.15, 0.2) is 18.5 Å². The Kier molecular flexibility index (Phi) is 5.17. The molecular weight excluding hydrogens is 308 g/mol. The summed E-state index contributed by atoms with van der Waals surface area (Å²) < 4.78 is 5.00. The molecule has 0 unspecified atom stereocenters. The summed E-state index contributed by atoms with van der Waals surface area (Å²) in [6, 6.07) is 2.44. The van der Waals surface area contributed by atoms with Gasteiger partial charge in [-0.15, -0.1) is 0 Å². The van der Waals surface area contributed by atoms with Crippen molar-refractivity contribution in [2.24, 2.45) is 0 Å². The minimum Gasteiger partial charge on any atom is -0.450 e. The number of rotatable bonds is 5. The summed E-state index contributed by atoms with van der Waals surface area (Å²) in [5.41, 5.74) is 1.45. The zero-order chi connectivity index (χ0) is 16.9. The van der Waals surface area contributed by atoms with E-state index in [1.54, 1.807) is 24.2 Å². The monoisotopic (exact) mass is 332 g/mol. The Bertz CT molecular complexity index is 595. The van der Waals surface area contributed by atoms with Gasteiger partial charge in [0.25, 0.3) is 5.91 Å². The average Bonchev–Trinajstić information content (AvgIpc) is 3.40. The number of hydrogen-bond acceptors (Lipinski definition) is 5. The lowest BCUT2D eigenvalue weighted by atomic mass is 10.0. The van der Waals surface area contributed by atoms with E-state index in [2.05, 4.69) is 15.6 Å². The standard InChI is InChI=1S/C17H24N4O3/c1-2-24-17(23)21-7-5-14(6-8-21)20-16(22)12-9-15(11-18-10-12)19-13-3-4-13/h9-11,13-14,19H,2-8H2,1H3,(H,20,22). The van der Waals surface area contributed by atoms with Crippen LogP contribution < -0.4 is 10.6 Å². The first-order chi connectivity index (χ1) is 11.7. The minimum atomic E-state index is -0.273. The number of carbonyl (C=O) groups is 2. The second kappa shape index (κ2) is 7.51. The number of carbonyl (C=O) groups excluding carboxylic acids is 2. The van der Waals surface area contributed by atoms with E-state index in [0.29, 0.717) is 31.3 Å². The molecule has 1 aromatic heterocycles. The third kappa shape index (κ3) is 4.37. The van der Waals surface area contributed by atoms with E-state index in [1.807, 2.05) is 6.07 Å². The topological polar surface area (TPSA) is 83.6 Å². The van der Waals surface area contributed by atoms with Gasteiger partial charge in [-0.25, -0.2) is 4.79 Å². The number of amides is 2. The number of anilines is 1. The minimum absolute atomic E-state index is 0.0724. The predicted octanol–water partition coefficient (Wildman–Crippen LogP) is 2.01. The molecule has 2 fully saturated rings. The van der Waals surface area contributed by atoms with E-state index < -0.39 is 0 Å². The zero-order valence-corrected chi connectivity index (χ0v) is 14.0. The summed E-state index contributed by atoms with van der Waals surface area (Å²) in [4.78, 5) is 29.9. The molecule has 2 amide bonds. The summed E-state index contributed by atoms with van der Waals surface area (Å²) >= 11 is 0. The molecule has 1 saturated carbocycles. The molecule has 7 nitrogen and oxygen atoms in total.